The van der Waals surface area contributed by atoms with Crippen molar-refractivity contribution in [3.8, 4) is 65.4 Å². The molecule has 0 radical (unpaired) electrons. The maximum absolute atomic E-state index is 2.46. The summed E-state index contributed by atoms with van der Waals surface area (Å²) in [4.78, 5) is 6.24. The molecule has 0 spiro atoms. The molecule has 1 nitrogen and oxygen atoms in total. The van der Waals surface area contributed by atoms with Crippen molar-refractivity contribution in [1.29, 1.82) is 0 Å². The minimum atomic E-state index is 0.417. The standard InChI is InChI=1S/C70H49NS2/c1-5-18-48(19-6-1)49-34-37-59(38-35-49)71(58-29-11-4-12-30-58)60-31-17-24-52(46-60)53-36-39-63-64(47-53)70(57-28-16-26-55(45-57)68-43-41-66(73-68)51-22-9-3-10-23-51)62-33-14-13-32-61(62)69(63)56-27-15-25-54(44-56)67-42-40-65(72-67)50-20-7-2-8-21-50/h1-40,42-47,66H,41H2. The van der Waals surface area contributed by atoms with Gasteiger partial charge in [-0.1, -0.05) is 212 Å². The van der Waals surface area contributed by atoms with Crippen molar-refractivity contribution in [3.05, 3.63) is 290 Å². The van der Waals surface area contributed by atoms with Gasteiger partial charge < -0.3 is 4.90 Å². The van der Waals surface area contributed by atoms with Crippen molar-refractivity contribution in [2.75, 3.05) is 4.90 Å². The Hall–Kier alpha value is -8.47. The molecule has 2 heterocycles. The number of anilines is 3. The molecule has 1 unspecified atom stereocenters. The summed E-state index contributed by atoms with van der Waals surface area (Å²) < 4.78 is 0. The summed E-state index contributed by atoms with van der Waals surface area (Å²) in [6, 6.07) is 100. The summed E-state index contributed by atoms with van der Waals surface area (Å²) in [5.74, 6) is 0. The lowest BCUT2D eigenvalue weighted by Gasteiger charge is -2.26. The van der Waals surface area contributed by atoms with E-state index < -0.39 is 0 Å². The van der Waals surface area contributed by atoms with E-state index in [1.54, 1.807) is 0 Å². The largest absolute Gasteiger partial charge is 0.310 e. The van der Waals surface area contributed by atoms with Crippen molar-refractivity contribution < 1.29 is 0 Å². The van der Waals surface area contributed by atoms with Gasteiger partial charge in [-0.3, -0.25) is 0 Å². The van der Waals surface area contributed by atoms with Crippen LogP contribution in [0.4, 0.5) is 17.1 Å². The highest BCUT2D eigenvalue weighted by molar-refractivity contribution is 8.08. The highest BCUT2D eigenvalue weighted by atomic mass is 32.2. The van der Waals surface area contributed by atoms with E-state index in [0.29, 0.717) is 5.25 Å². The predicted octanol–water partition coefficient (Wildman–Crippen LogP) is 20.7. The number of fused-ring (bicyclic) bond motifs is 2. The number of hydrogen-bond acceptors (Lipinski definition) is 3. The second-order valence-corrected chi connectivity index (χ2v) is 21.0. The third kappa shape index (κ3) is 8.78. The number of para-hydroxylation sites is 1. The van der Waals surface area contributed by atoms with Gasteiger partial charge in [0.1, 0.15) is 0 Å². The molecule has 346 valence electrons. The third-order valence-electron chi connectivity index (χ3n) is 14.2. The van der Waals surface area contributed by atoms with E-state index >= 15 is 0 Å². The number of allylic oxidation sites excluding steroid dienone is 1. The summed E-state index contributed by atoms with van der Waals surface area (Å²) in [6.45, 7) is 0. The van der Waals surface area contributed by atoms with Crippen LogP contribution in [0.15, 0.2) is 279 Å². The molecule has 73 heavy (non-hydrogen) atoms. The van der Waals surface area contributed by atoms with Gasteiger partial charge in [-0.2, -0.15) is 0 Å². The van der Waals surface area contributed by atoms with Crippen LogP contribution in [0.5, 0.6) is 0 Å². The molecular formula is C70H49NS2. The second kappa shape index (κ2) is 19.6. The summed E-state index contributed by atoms with van der Waals surface area (Å²) in [7, 11) is 0. The monoisotopic (exact) mass is 967 g/mol. The topological polar surface area (TPSA) is 3.24 Å². The second-order valence-electron chi connectivity index (χ2n) is 18.7. The van der Waals surface area contributed by atoms with Crippen LogP contribution in [0, 0.1) is 0 Å². The zero-order chi connectivity index (χ0) is 48.5. The first kappa shape index (κ1) is 44.5. The SMILES string of the molecule is C1=C(c2cccc(-c3c4ccccc4c(-c4cccc(-c5ccc(-c6ccccc6)s5)c4)c4ccc(-c5cccc(N(c6ccccc6)c6ccc(-c7ccccc7)cc6)c5)cc34)c2)SC(c2ccccc2)C1. The fraction of sp³-hybridized carbons (Fsp3) is 0.0286. The molecule has 0 saturated carbocycles. The van der Waals surface area contributed by atoms with Crippen molar-refractivity contribution in [2.24, 2.45) is 0 Å². The Morgan fingerprint density at radius 2 is 0.767 bits per heavy atom. The molecule has 0 amide bonds. The van der Waals surface area contributed by atoms with Gasteiger partial charge in [-0.15, -0.1) is 23.1 Å². The average molecular weight is 968 g/mol. The van der Waals surface area contributed by atoms with Crippen molar-refractivity contribution in [3.63, 3.8) is 0 Å². The molecule has 1 aliphatic rings. The number of thiophene rings is 1. The van der Waals surface area contributed by atoms with E-state index in [-0.39, 0.29) is 0 Å². The summed E-state index contributed by atoms with van der Waals surface area (Å²) in [5, 5.41) is 5.36. The van der Waals surface area contributed by atoms with Crippen LogP contribution in [0.2, 0.25) is 0 Å². The smallest absolute Gasteiger partial charge is 0.0467 e. The molecule has 13 rings (SSSR count). The molecule has 1 aromatic heterocycles. The van der Waals surface area contributed by atoms with Crippen LogP contribution in [0.25, 0.3) is 91.8 Å². The molecule has 1 aliphatic heterocycles. The quantitative estimate of drug-likeness (QED) is 0.119. The fourth-order valence-electron chi connectivity index (χ4n) is 10.7. The van der Waals surface area contributed by atoms with E-state index in [0.717, 1.165) is 29.0 Å². The normalized spacial score (nSPS) is 13.3. The molecule has 0 aliphatic carbocycles. The van der Waals surface area contributed by atoms with Gasteiger partial charge in [0.2, 0.25) is 0 Å². The first-order valence-electron chi connectivity index (χ1n) is 25.1. The van der Waals surface area contributed by atoms with Gasteiger partial charge in [-0.05, 0) is 161 Å². The minimum Gasteiger partial charge on any atom is -0.310 e. The molecule has 12 aromatic rings. The average Bonchev–Trinajstić information content (AvgIpc) is 4.18. The van der Waals surface area contributed by atoms with Crippen molar-refractivity contribution in [2.45, 2.75) is 11.7 Å². The maximum atomic E-state index is 2.46. The number of thioether (sulfide) groups is 1. The van der Waals surface area contributed by atoms with Gasteiger partial charge >= 0.3 is 0 Å². The van der Waals surface area contributed by atoms with E-state index in [2.05, 4.69) is 284 Å². The first-order chi connectivity index (χ1) is 36.2. The van der Waals surface area contributed by atoms with Crippen LogP contribution >= 0.6 is 23.1 Å². The zero-order valence-electron chi connectivity index (χ0n) is 40.1. The summed E-state index contributed by atoms with van der Waals surface area (Å²) in [6.07, 6.45) is 3.46. The molecule has 3 heteroatoms. The van der Waals surface area contributed by atoms with Crippen molar-refractivity contribution >= 4 is 66.6 Å². The molecule has 0 N–H and O–H groups in total. The van der Waals surface area contributed by atoms with E-state index in [9.17, 15) is 0 Å². The van der Waals surface area contributed by atoms with Gasteiger partial charge in [0.05, 0.1) is 0 Å². The first-order valence-corrected chi connectivity index (χ1v) is 26.8. The Kier molecular flexibility index (Phi) is 11.9. The lowest BCUT2D eigenvalue weighted by Crippen LogP contribution is -2.09. The fourth-order valence-corrected chi connectivity index (χ4v) is 12.9. The van der Waals surface area contributed by atoms with E-state index in [1.807, 2.05) is 23.1 Å². The Morgan fingerprint density at radius 1 is 0.301 bits per heavy atom. The van der Waals surface area contributed by atoms with Gasteiger partial charge in [0, 0.05) is 37.0 Å². The predicted molar refractivity (Wildman–Crippen MR) is 316 cm³/mol. The van der Waals surface area contributed by atoms with Gasteiger partial charge in [0.25, 0.3) is 0 Å². The van der Waals surface area contributed by atoms with Crippen molar-refractivity contribution in [1.82, 2.24) is 0 Å². The molecular weight excluding hydrogens is 919 g/mol. The van der Waals surface area contributed by atoms with Crippen LogP contribution in [-0.4, -0.2) is 0 Å². The highest BCUT2D eigenvalue weighted by Crippen LogP contribution is 2.51. The molecule has 0 bridgehead atoms. The highest BCUT2D eigenvalue weighted by Gasteiger charge is 2.23. The molecule has 11 aromatic carbocycles. The lowest BCUT2D eigenvalue weighted by molar-refractivity contribution is 0.991. The Balaban J connectivity index is 0.964. The lowest BCUT2D eigenvalue weighted by atomic mass is 9.84. The summed E-state index contributed by atoms with van der Waals surface area (Å²) in [5.41, 5.74) is 18.1. The minimum absolute atomic E-state index is 0.417. The zero-order valence-corrected chi connectivity index (χ0v) is 41.7. The van der Waals surface area contributed by atoms with Crippen LogP contribution < -0.4 is 4.90 Å². The molecule has 0 fully saturated rings. The van der Waals surface area contributed by atoms with Gasteiger partial charge in [0.15, 0.2) is 0 Å². The number of benzene rings is 11. The van der Waals surface area contributed by atoms with E-state index in [4.69, 9.17) is 0 Å². The van der Waals surface area contributed by atoms with Crippen LogP contribution in [0.3, 0.4) is 0 Å². The number of nitrogens with zero attached hydrogens (tertiary/aromatic N) is 1. The van der Waals surface area contributed by atoms with E-state index in [1.165, 1.54) is 97.4 Å². The Labute approximate surface area is 436 Å². The van der Waals surface area contributed by atoms with Crippen LogP contribution in [0.1, 0.15) is 22.8 Å². The maximum Gasteiger partial charge on any atom is 0.0467 e. The molecule has 1 atom stereocenters. The Morgan fingerprint density at radius 3 is 1.48 bits per heavy atom. The Bertz CT molecular complexity index is 3950. The summed E-state index contributed by atoms with van der Waals surface area (Å²) >= 11 is 3.83. The number of rotatable bonds is 11. The third-order valence-corrected chi connectivity index (χ3v) is 16.8. The van der Waals surface area contributed by atoms with Gasteiger partial charge in [-0.25, -0.2) is 0 Å². The molecule has 0 saturated heterocycles. The number of hydrogen-bond donors (Lipinski definition) is 0. The van der Waals surface area contributed by atoms with Crippen LogP contribution in [-0.2, 0) is 0 Å².